The molecule has 1 heterocycles. The molecule has 0 saturated heterocycles. The predicted octanol–water partition coefficient (Wildman–Crippen LogP) is 3.69. The van der Waals surface area contributed by atoms with Gasteiger partial charge in [-0.15, -0.1) is 0 Å². The lowest BCUT2D eigenvalue weighted by molar-refractivity contribution is -0.132. The summed E-state index contributed by atoms with van der Waals surface area (Å²) in [5, 5.41) is 7.16. The number of nitrogens with one attached hydrogen (secondary N) is 1. The van der Waals surface area contributed by atoms with Crippen molar-refractivity contribution in [3.8, 4) is 0 Å². The van der Waals surface area contributed by atoms with Gasteiger partial charge in [-0.3, -0.25) is 9.59 Å². The first-order chi connectivity index (χ1) is 10.5. The van der Waals surface area contributed by atoms with Gasteiger partial charge in [-0.25, -0.2) is 0 Å². The van der Waals surface area contributed by atoms with Gasteiger partial charge in [0.05, 0.1) is 28.7 Å². The van der Waals surface area contributed by atoms with E-state index in [2.05, 4.69) is 5.32 Å². The molecule has 0 bridgehead atoms. The lowest BCUT2D eigenvalue weighted by atomic mass is 10.2. The zero-order valence-electron chi connectivity index (χ0n) is 11.8. The highest BCUT2D eigenvalue weighted by atomic mass is 35.5. The Bertz CT molecular complexity index is 654. The summed E-state index contributed by atoms with van der Waals surface area (Å²) in [5.41, 5.74) is 1.30. The smallest absolute Gasteiger partial charge is 0.244 e. The van der Waals surface area contributed by atoms with E-state index in [0.29, 0.717) is 15.7 Å². The van der Waals surface area contributed by atoms with Crippen LogP contribution < -0.4 is 5.32 Å². The summed E-state index contributed by atoms with van der Waals surface area (Å²) in [4.78, 5) is 25.4. The second-order valence-corrected chi connectivity index (χ2v) is 6.30. The molecule has 0 aliphatic carbocycles. The molecule has 1 aromatic carbocycles. The molecule has 0 spiro atoms. The Morgan fingerprint density at radius 3 is 2.50 bits per heavy atom. The van der Waals surface area contributed by atoms with Crippen molar-refractivity contribution in [3.05, 3.63) is 50.6 Å². The Balaban J connectivity index is 1.92. The summed E-state index contributed by atoms with van der Waals surface area (Å²) in [5.74, 6) is -0.477. The number of hydrogen-bond donors (Lipinski definition) is 1. The number of anilines is 1. The molecule has 0 fully saturated rings. The molecule has 0 aliphatic rings. The third-order valence-electron chi connectivity index (χ3n) is 2.97. The third-order valence-corrected chi connectivity index (χ3v) is 4.33. The fraction of sp³-hybridized carbons (Fsp3) is 0.200. The molecule has 2 amide bonds. The Morgan fingerprint density at radius 1 is 1.23 bits per heavy atom. The fourth-order valence-electron chi connectivity index (χ4n) is 1.80. The molecule has 2 aromatic rings. The van der Waals surface area contributed by atoms with E-state index in [0.717, 1.165) is 5.56 Å². The van der Waals surface area contributed by atoms with E-state index in [-0.39, 0.29) is 24.8 Å². The van der Waals surface area contributed by atoms with E-state index in [4.69, 9.17) is 23.2 Å². The van der Waals surface area contributed by atoms with Crippen molar-refractivity contribution in [2.24, 2.45) is 0 Å². The van der Waals surface area contributed by atoms with Gasteiger partial charge >= 0.3 is 0 Å². The van der Waals surface area contributed by atoms with Crippen LogP contribution in [0.5, 0.6) is 0 Å². The fourth-order valence-corrected chi connectivity index (χ4v) is 2.96. The SMILES string of the molecule is CN(CC(=O)Nc1c(Cl)cccc1Cl)C(=O)Cc1ccsc1. The standard InChI is InChI=1S/C15H14Cl2N2O2S/c1-19(14(21)7-10-5-6-22-9-10)8-13(20)18-15-11(16)3-2-4-12(15)17/h2-6,9H,7-8H2,1H3,(H,18,20). The van der Waals surface area contributed by atoms with E-state index in [1.807, 2.05) is 16.8 Å². The molecule has 22 heavy (non-hydrogen) atoms. The van der Waals surface area contributed by atoms with Gasteiger partial charge in [-0.2, -0.15) is 11.3 Å². The van der Waals surface area contributed by atoms with Gasteiger partial charge in [-0.1, -0.05) is 29.3 Å². The van der Waals surface area contributed by atoms with E-state index >= 15 is 0 Å². The quantitative estimate of drug-likeness (QED) is 0.887. The van der Waals surface area contributed by atoms with Gasteiger partial charge in [0.15, 0.2) is 0 Å². The molecule has 0 saturated carbocycles. The summed E-state index contributed by atoms with van der Waals surface area (Å²) in [6.07, 6.45) is 0.278. The molecule has 2 rings (SSSR count). The van der Waals surface area contributed by atoms with Crippen LogP contribution in [0, 0.1) is 0 Å². The minimum absolute atomic E-state index is 0.0650. The minimum Gasteiger partial charge on any atom is -0.336 e. The number of carbonyl (C=O) groups is 2. The molecular weight excluding hydrogens is 343 g/mol. The summed E-state index contributed by atoms with van der Waals surface area (Å²) in [6, 6.07) is 6.85. The number of nitrogens with zero attached hydrogens (tertiary/aromatic N) is 1. The number of para-hydroxylation sites is 1. The normalized spacial score (nSPS) is 10.3. The number of halogens is 2. The topological polar surface area (TPSA) is 49.4 Å². The monoisotopic (exact) mass is 356 g/mol. The maximum absolute atomic E-state index is 12.0. The van der Waals surface area contributed by atoms with E-state index < -0.39 is 0 Å². The number of amides is 2. The number of benzene rings is 1. The first kappa shape index (κ1) is 16.8. The summed E-state index contributed by atoms with van der Waals surface area (Å²) < 4.78 is 0. The average molecular weight is 357 g/mol. The van der Waals surface area contributed by atoms with Gasteiger partial charge in [0, 0.05) is 7.05 Å². The van der Waals surface area contributed by atoms with Crippen LogP contribution >= 0.6 is 34.5 Å². The van der Waals surface area contributed by atoms with Crippen molar-refractivity contribution in [3.63, 3.8) is 0 Å². The van der Waals surface area contributed by atoms with Gasteiger partial charge < -0.3 is 10.2 Å². The summed E-state index contributed by atoms with van der Waals surface area (Å²) >= 11 is 13.5. The van der Waals surface area contributed by atoms with Gasteiger partial charge in [0.1, 0.15) is 0 Å². The largest absolute Gasteiger partial charge is 0.336 e. The van der Waals surface area contributed by atoms with Crippen LogP contribution in [0.15, 0.2) is 35.0 Å². The molecule has 0 atom stereocenters. The highest BCUT2D eigenvalue weighted by Gasteiger charge is 2.15. The zero-order valence-corrected chi connectivity index (χ0v) is 14.1. The molecule has 1 N–H and O–H groups in total. The first-order valence-electron chi connectivity index (χ1n) is 6.46. The van der Waals surface area contributed by atoms with E-state index in [1.54, 1.807) is 25.2 Å². The van der Waals surface area contributed by atoms with Crippen LogP contribution in [-0.2, 0) is 16.0 Å². The number of rotatable bonds is 5. The second kappa shape index (κ2) is 7.63. The number of hydrogen-bond acceptors (Lipinski definition) is 3. The maximum atomic E-state index is 12.0. The Kier molecular flexibility index (Phi) is 5.83. The predicted molar refractivity (Wildman–Crippen MR) is 90.8 cm³/mol. The molecule has 0 unspecified atom stereocenters. The van der Waals surface area contributed by atoms with Crippen molar-refractivity contribution >= 4 is 52.0 Å². The number of thiophene rings is 1. The molecule has 1 aromatic heterocycles. The zero-order chi connectivity index (χ0) is 16.1. The molecule has 116 valence electrons. The average Bonchev–Trinajstić information content (AvgIpc) is 2.96. The molecule has 0 aliphatic heterocycles. The van der Waals surface area contributed by atoms with E-state index in [9.17, 15) is 9.59 Å². The van der Waals surface area contributed by atoms with Crippen LogP contribution in [-0.4, -0.2) is 30.3 Å². The van der Waals surface area contributed by atoms with Crippen LogP contribution in [0.1, 0.15) is 5.56 Å². The lowest BCUT2D eigenvalue weighted by Crippen LogP contribution is -2.35. The lowest BCUT2D eigenvalue weighted by Gasteiger charge is -2.17. The molecule has 0 radical (unpaired) electrons. The molecule has 4 nitrogen and oxygen atoms in total. The Hall–Kier alpha value is -1.56. The van der Waals surface area contributed by atoms with Crippen molar-refractivity contribution < 1.29 is 9.59 Å². The van der Waals surface area contributed by atoms with Crippen LogP contribution in [0.3, 0.4) is 0 Å². The molecular formula is C15H14Cl2N2O2S. The number of carbonyl (C=O) groups excluding carboxylic acids is 2. The minimum atomic E-state index is -0.351. The van der Waals surface area contributed by atoms with Crippen molar-refractivity contribution in [2.45, 2.75) is 6.42 Å². The molecule has 7 heteroatoms. The van der Waals surface area contributed by atoms with Crippen LogP contribution in [0.25, 0.3) is 0 Å². The number of likely N-dealkylation sites (N-methyl/N-ethyl adjacent to an activating group) is 1. The second-order valence-electron chi connectivity index (χ2n) is 4.70. The van der Waals surface area contributed by atoms with Crippen molar-refractivity contribution in [1.29, 1.82) is 0 Å². The first-order valence-corrected chi connectivity index (χ1v) is 8.16. The van der Waals surface area contributed by atoms with E-state index in [1.165, 1.54) is 16.2 Å². The highest BCUT2D eigenvalue weighted by Crippen LogP contribution is 2.29. The Labute approximate surface area is 142 Å². The van der Waals surface area contributed by atoms with Gasteiger partial charge in [-0.05, 0) is 34.5 Å². The summed E-state index contributed by atoms with van der Waals surface area (Å²) in [6.45, 7) is -0.0650. The van der Waals surface area contributed by atoms with Crippen LogP contribution in [0.2, 0.25) is 10.0 Å². The van der Waals surface area contributed by atoms with Crippen molar-refractivity contribution in [2.75, 3.05) is 18.9 Å². The van der Waals surface area contributed by atoms with Gasteiger partial charge in [0.2, 0.25) is 11.8 Å². The van der Waals surface area contributed by atoms with Crippen molar-refractivity contribution in [1.82, 2.24) is 4.90 Å². The Morgan fingerprint density at radius 2 is 1.91 bits per heavy atom. The summed E-state index contributed by atoms with van der Waals surface area (Å²) in [7, 11) is 1.59. The highest BCUT2D eigenvalue weighted by molar-refractivity contribution is 7.08. The van der Waals surface area contributed by atoms with Gasteiger partial charge in [0.25, 0.3) is 0 Å². The third kappa shape index (κ3) is 4.47. The maximum Gasteiger partial charge on any atom is 0.244 e. The van der Waals surface area contributed by atoms with Crippen LogP contribution in [0.4, 0.5) is 5.69 Å².